The van der Waals surface area contributed by atoms with Crippen molar-refractivity contribution in [3.8, 4) is 0 Å². The summed E-state index contributed by atoms with van der Waals surface area (Å²) in [4.78, 5) is 83.9. The Hall–Kier alpha value is -3.89. The van der Waals surface area contributed by atoms with Gasteiger partial charge in [0, 0.05) is 32.2 Å². The van der Waals surface area contributed by atoms with Crippen LogP contribution in [-0.2, 0) is 71.5 Å². The zero-order chi connectivity index (χ0) is 37.4. The summed E-state index contributed by atoms with van der Waals surface area (Å²) in [5.74, 6) is -4.27. The van der Waals surface area contributed by atoms with Gasteiger partial charge in [0.25, 0.3) is 11.8 Å². The van der Waals surface area contributed by atoms with Gasteiger partial charge in [-0.05, 0) is 0 Å². The molecule has 4 N–H and O–H groups in total. The Balaban J connectivity index is 2.08. The number of imide groups is 1. The van der Waals surface area contributed by atoms with Gasteiger partial charge in [-0.25, -0.2) is 0 Å². The Morgan fingerprint density at radius 3 is 1.45 bits per heavy atom. The molecule has 0 fully saturated rings. The molecule has 20 nitrogen and oxygen atoms in total. The van der Waals surface area contributed by atoms with E-state index in [0.29, 0.717) is 90.5 Å². The molecule has 0 saturated heterocycles. The van der Waals surface area contributed by atoms with Crippen molar-refractivity contribution in [1.29, 1.82) is 0 Å². The minimum absolute atomic E-state index is 0.0463. The van der Waals surface area contributed by atoms with Crippen molar-refractivity contribution in [3.05, 3.63) is 12.2 Å². The van der Waals surface area contributed by atoms with E-state index in [-0.39, 0.29) is 32.8 Å². The van der Waals surface area contributed by atoms with Crippen LogP contribution in [0.4, 0.5) is 0 Å². The van der Waals surface area contributed by atoms with E-state index in [9.17, 15) is 33.6 Å². The first-order valence-corrected chi connectivity index (χ1v) is 16.4. The number of methoxy groups -OCH3 is 1. The third-order valence-corrected chi connectivity index (χ3v) is 6.34. The zero-order valence-corrected chi connectivity index (χ0v) is 29.0. The molecule has 0 spiro atoms. The van der Waals surface area contributed by atoms with E-state index in [1.54, 1.807) is 7.11 Å². The molecule has 1 aliphatic heterocycles. The van der Waals surface area contributed by atoms with Crippen LogP contribution in [0.15, 0.2) is 12.2 Å². The predicted molar refractivity (Wildman–Crippen MR) is 175 cm³/mol. The molecule has 1 aliphatic rings. The van der Waals surface area contributed by atoms with Crippen molar-refractivity contribution in [1.82, 2.24) is 26.2 Å². The first kappa shape index (κ1) is 45.1. The second kappa shape index (κ2) is 30.9. The highest BCUT2D eigenvalue weighted by Crippen LogP contribution is 2.09. The number of hydrogen-bond donors (Lipinski definition) is 4. The fraction of sp³-hybridized carbons (Fsp3) is 0.710. The van der Waals surface area contributed by atoms with E-state index >= 15 is 0 Å². The molecule has 0 aliphatic carbocycles. The van der Waals surface area contributed by atoms with E-state index in [1.165, 1.54) is 0 Å². The van der Waals surface area contributed by atoms with Crippen LogP contribution in [0.5, 0.6) is 0 Å². The van der Waals surface area contributed by atoms with Crippen LogP contribution in [-0.4, -0.2) is 185 Å². The van der Waals surface area contributed by atoms with Crippen LogP contribution in [0, 0.1) is 0 Å². The van der Waals surface area contributed by atoms with E-state index in [2.05, 4.69) is 21.3 Å². The summed E-state index contributed by atoms with van der Waals surface area (Å²) < 4.78 is 42.6. The third kappa shape index (κ3) is 24.0. The highest BCUT2D eigenvalue weighted by atomic mass is 16.6. The molecule has 20 heteroatoms. The summed E-state index contributed by atoms with van der Waals surface area (Å²) in [6.07, 6.45) is 2.36. The molecule has 6 amide bonds. The van der Waals surface area contributed by atoms with Crippen molar-refractivity contribution in [2.24, 2.45) is 0 Å². The lowest BCUT2D eigenvalue weighted by Gasteiger charge is -2.25. The highest BCUT2D eigenvalue weighted by molar-refractivity contribution is 6.15. The van der Waals surface area contributed by atoms with Gasteiger partial charge in [0.05, 0.1) is 119 Å². The van der Waals surface area contributed by atoms with Gasteiger partial charge < -0.3 is 64.0 Å². The lowest BCUT2D eigenvalue weighted by molar-refractivity contribution is -0.146. The molecule has 0 aromatic rings. The second-order valence-corrected chi connectivity index (χ2v) is 10.2. The van der Waals surface area contributed by atoms with Gasteiger partial charge >= 0.3 is 0 Å². The summed E-state index contributed by atoms with van der Waals surface area (Å²) in [5, 5.41) is 9.22. The van der Waals surface area contributed by atoms with Crippen molar-refractivity contribution in [2.75, 3.05) is 132 Å². The molecule has 0 aromatic carbocycles. The van der Waals surface area contributed by atoms with Gasteiger partial charge in [0.1, 0.15) is 12.3 Å². The Labute approximate surface area is 296 Å². The first-order valence-electron chi connectivity index (χ1n) is 16.4. The molecular formula is C31H51N5O15. The van der Waals surface area contributed by atoms with Crippen molar-refractivity contribution >= 4 is 41.7 Å². The Kier molecular flexibility index (Phi) is 27.3. The van der Waals surface area contributed by atoms with Crippen molar-refractivity contribution < 1.29 is 71.5 Å². The fourth-order valence-electron chi connectivity index (χ4n) is 3.79. The third-order valence-electron chi connectivity index (χ3n) is 6.34. The number of ether oxygens (including phenoxy) is 8. The Morgan fingerprint density at radius 1 is 0.588 bits per heavy atom. The number of aldehydes is 1. The lowest BCUT2D eigenvalue weighted by atomic mass is 10.2. The second-order valence-electron chi connectivity index (χ2n) is 10.2. The summed E-state index contributed by atoms with van der Waals surface area (Å²) in [5.41, 5.74) is 0. The average Bonchev–Trinajstić information content (AvgIpc) is 3.45. The number of hydrogen-bond acceptors (Lipinski definition) is 15. The van der Waals surface area contributed by atoms with Crippen LogP contribution in [0.25, 0.3) is 0 Å². The lowest BCUT2D eigenvalue weighted by Crippen LogP contribution is -2.56. The summed E-state index contributed by atoms with van der Waals surface area (Å²) >= 11 is 0. The van der Waals surface area contributed by atoms with E-state index in [4.69, 9.17) is 37.9 Å². The maximum atomic E-state index is 12.8. The highest BCUT2D eigenvalue weighted by Gasteiger charge is 2.36. The normalized spacial score (nSPS) is 12.9. The van der Waals surface area contributed by atoms with Gasteiger partial charge in [0.15, 0.2) is 0 Å². The van der Waals surface area contributed by atoms with Gasteiger partial charge in [-0.3, -0.25) is 33.7 Å². The van der Waals surface area contributed by atoms with Gasteiger partial charge in [-0.2, -0.15) is 0 Å². The van der Waals surface area contributed by atoms with Crippen molar-refractivity contribution in [3.63, 3.8) is 0 Å². The number of nitrogens with one attached hydrogen (secondary N) is 4. The fourth-order valence-corrected chi connectivity index (χ4v) is 3.79. The predicted octanol–water partition coefficient (Wildman–Crippen LogP) is -3.90. The summed E-state index contributed by atoms with van der Waals surface area (Å²) in [7, 11) is 1.62. The smallest absolute Gasteiger partial charge is 0.254 e. The van der Waals surface area contributed by atoms with Gasteiger partial charge in [-0.1, -0.05) is 0 Å². The molecule has 0 saturated carbocycles. The number of amides is 6. The molecule has 0 aromatic heterocycles. The molecule has 290 valence electrons. The van der Waals surface area contributed by atoms with Gasteiger partial charge in [-0.15, -0.1) is 0 Å². The topological polar surface area (TPSA) is 245 Å². The average molecular weight is 734 g/mol. The van der Waals surface area contributed by atoms with E-state index in [1.807, 2.05) is 0 Å². The maximum absolute atomic E-state index is 12.8. The quantitative estimate of drug-likeness (QED) is 0.0281. The monoisotopic (exact) mass is 733 g/mol. The molecular weight excluding hydrogens is 682 g/mol. The standard InChI is InChI=1S/C31H51N5O15/c1-44-8-9-46-12-13-48-16-17-50-20-21-51-19-18-49-15-14-47-11-10-45-7-4-26(38)33-22-25(36-29(41)2-3-30(36)42)31(43)35-24-28(40)34-23-27(39)32-5-6-37/h2-3,6,25H,4-5,7-24H2,1H3,(H,32,39)(H,33,38)(H,34,40)(H,35,43). The number of nitrogens with zero attached hydrogens (tertiary/aromatic N) is 1. The molecule has 0 radical (unpaired) electrons. The molecule has 0 bridgehead atoms. The van der Waals surface area contributed by atoms with E-state index < -0.39 is 61.1 Å². The Bertz CT molecular complexity index is 1060. The minimum atomic E-state index is -1.44. The largest absolute Gasteiger partial charge is 0.382 e. The van der Waals surface area contributed by atoms with E-state index in [0.717, 1.165) is 12.2 Å². The molecule has 1 heterocycles. The van der Waals surface area contributed by atoms with Crippen LogP contribution >= 0.6 is 0 Å². The Morgan fingerprint density at radius 2 is 1.00 bits per heavy atom. The first-order chi connectivity index (χ1) is 24.8. The molecule has 51 heavy (non-hydrogen) atoms. The van der Waals surface area contributed by atoms with Crippen LogP contribution in [0.3, 0.4) is 0 Å². The van der Waals surface area contributed by atoms with Crippen molar-refractivity contribution in [2.45, 2.75) is 12.5 Å². The minimum Gasteiger partial charge on any atom is -0.382 e. The SMILES string of the molecule is COCCOCCOCCOCCOCCOCCOCCOCCC(=O)NCC(C(=O)NCC(=O)NCC(=O)NCC=O)N1C(=O)C=CC1=O. The zero-order valence-electron chi connectivity index (χ0n) is 29.0. The molecule has 1 rings (SSSR count). The summed E-state index contributed by atoms with van der Waals surface area (Å²) in [6.45, 7) is 4.39. The number of carbonyl (C=O) groups excluding carboxylic acids is 7. The molecule has 1 atom stereocenters. The summed E-state index contributed by atoms with van der Waals surface area (Å²) in [6, 6.07) is -1.44. The van der Waals surface area contributed by atoms with Crippen LogP contribution in [0.2, 0.25) is 0 Å². The number of carbonyl (C=O) groups is 7. The maximum Gasteiger partial charge on any atom is 0.254 e. The van der Waals surface area contributed by atoms with Crippen LogP contribution < -0.4 is 21.3 Å². The molecule has 1 unspecified atom stereocenters. The van der Waals surface area contributed by atoms with Crippen LogP contribution in [0.1, 0.15) is 6.42 Å². The van der Waals surface area contributed by atoms with Gasteiger partial charge in [0.2, 0.25) is 23.6 Å². The number of rotatable bonds is 34.